The summed E-state index contributed by atoms with van der Waals surface area (Å²) in [7, 11) is 0. The van der Waals surface area contributed by atoms with E-state index in [0.717, 1.165) is 61.7 Å². The van der Waals surface area contributed by atoms with E-state index in [9.17, 15) is 9.59 Å². The molecule has 4 aromatic heterocycles. The van der Waals surface area contributed by atoms with E-state index in [1.165, 1.54) is 12.7 Å². The Kier molecular flexibility index (Phi) is 8.74. The first kappa shape index (κ1) is 34.2. The third-order valence-corrected chi connectivity index (χ3v) is 9.64. The first-order chi connectivity index (χ1) is 23.6. The maximum atomic E-state index is 12.4. The van der Waals surface area contributed by atoms with Crippen molar-refractivity contribution >= 4 is 69.1 Å². The number of piperidine rings is 2. The molecule has 6 aliphatic heterocycles. The summed E-state index contributed by atoms with van der Waals surface area (Å²) in [4.78, 5) is 58.4. The molecule has 6 fully saturated rings. The zero-order valence-corrected chi connectivity index (χ0v) is 30.4. The predicted octanol–water partition coefficient (Wildman–Crippen LogP) is 5.75. The molecule has 10 rings (SSSR count). The number of hydrogen-bond donors (Lipinski definition) is 0. The van der Waals surface area contributed by atoms with Crippen molar-refractivity contribution in [1.82, 2.24) is 39.7 Å². The van der Waals surface area contributed by atoms with Crippen LogP contribution in [0.5, 0.6) is 0 Å². The number of piperazine rings is 2. The highest BCUT2D eigenvalue weighted by Gasteiger charge is 2.50. The van der Waals surface area contributed by atoms with Crippen molar-refractivity contribution in [3.05, 3.63) is 47.2 Å². The van der Waals surface area contributed by atoms with Gasteiger partial charge in [-0.1, -0.05) is 23.2 Å². The van der Waals surface area contributed by atoms with Gasteiger partial charge in [0.05, 0.1) is 35.2 Å². The smallest absolute Gasteiger partial charge is 0.410 e. The number of carbonyl (C=O) groups is 2. The molecular formula is C34H40Cl2N10O4. The van der Waals surface area contributed by atoms with Gasteiger partial charge in [-0.3, -0.25) is 9.80 Å². The number of carbonyl (C=O) groups excluding carboxylic acids is 2. The lowest BCUT2D eigenvalue weighted by Gasteiger charge is -2.56. The minimum absolute atomic E-state index is 0.161. The topological polar surface area (TPSA) is 143 Å². The van der Waals surface area contributed by atoms with Crippen molar-refractivity contribution in [1.29, 1.82) is 0 Å². The first-order valence-corrected chi connectivity index (χ1v) is 17.5. The monoisotopic (exact) mass is 722 g/mol. The standard InChI is InChI=1S/2C17H20ClN5O2/c2*1-17(2,3)25-16(24)23-10-6-11(23)8-22(7-10)13-5-4-12-14(21-13)15(18)20-9-19-12/h2*4-5,9-11H,6-8H2,1-3H3. The van der Waals surface area contributed by atoms with Gasteiger partial charge < -0.3 is 19.3 Å². The zero-order valence-electron chi connectivity index (χ0n) is 28.9. The second-order valence-corrected chi connectivity index (χ2v) is 15.8. The molecule has 4 aromatic rings. The van der Waals surface area contributed by atoms with Crippen LogP contribution in [0.15, 0.2) is 36.9 Å². The highest BCUT2D eigenvalue weighted by molar-refractivity contribution is 6.33. The molecule has 2 amide bonds. The Morgan fingerprint density at radius 2 is 0.980 bits per heavy atom. The van der Waals surface area contributed by atoms with Crippen molar-refractivity contribution < 1.29 is 19.1 Å². The van der Waals surface area contributed by atoms with Crippen LogP contribution in [0.4, 0.5) is 21.2 Å². The van der Waals surface area contributed by atoms with Gasteiger partial charge >= 0.3 is 12.2 Å². The molecule has 4 atom stereocenters. The van der Waals surface area contributed by atoms with Gasteiger partial charge in [-0.15, -0.1) is 0 Å². The number of fused-ring (bicyclic) bond motifs is 6. The van der Waals surface area contributed by atoms with Crippen molar-refractivity contribution in [3.63, 3.8) is 0 Å². The minimum atomic E-state index is -0.475. The second-order valence-electron chi connectivity index (χ2n) is 15.1. The molecule has 4 bridgehead atoms. The van der Waals surface area contributed by atoms with Gasteiger partial charge in [-0.25, -0.2) is 39.5 Å². The van der Waals surface area contributed by atoms with Crippen molar-refractivity contribution in [2.75, 3.05) is 36.0 Å². The summed E-state index contributed by atoms with van der Waals surface area (Å²) < 4.78 is 11.0. The van der Waals surface area contributed by atoms with E-state index in [1.807, 2.05) is 75.6 Å². The number of rotatable bonds is 2. The summed E-state index contributed by atoms with van der Waals surface area (Å²) in [5, 5.41) is 0.703. The van der Waals surface area contributed by atoms with Gasteiger partial charge in [0.1, 0.15) is 46.5 Å². The summed E-state index contributed by atoms with van der Waals surface area (Å²) in [6.07, 6.45) is 4.43. The van der Waals surface area contributed by atoms with E-state index in [-0.39, 0.29) is 36.4 Å². The summed E-state index contributed by atoms with van der Waals surface area (Å²) in [6, 6.07) is 8.32. The first-order valence-electron chi connectivity index (χ1n) is 16.7. The van der Waals surface area contributed by atoms with Crippen LogP contribution in [0.25, 0.3) is 22.1 Å². The Balaban J connectivity index is 0.000000157. The number of aromatic nitrogens is 6. The fraction of sp³-hybridized carbons (Fsp3) is 0.529. The maximum absolute atomic E-state index is 12.4. The number of anilines is 2. The number of halogens is 2. The van der Waals surface area contributed by atoms with Crippen LogP contribution < -0.4 is 9.80 Å². The van der Waals surface area contributed by atoms with E-state index in [2.05, 4.69) is 39.7 Å². The number of ether oxygens (including phenoxy) is 2. The highest BCUT2D eigenvalue weighted by Crippen LogP contribution is 2.37. The number of hydrogen-bond acceptors (Lipinski definition) is 12. The average molecular weight is 724 g/mol. The molecule has 14 nitrogen and oxygen atoms in total. The van der Waals surface area contributed by atoms with Crippen molar-refractivity contribution in [3.8, 4) is 0 Å². The van der Waals surface area contributed by atoms with Crippen LogP contribution in [0.3, 0.4) is 0 Å². The predicted molar refractivity (Wildman–Crippen MR) is 190 cm³/mol. The van der Waals surface area contributed by atoms with Gasteiger partial charge in [0, 0.05) is 26.2 Å². The molecule has 10 heterocycles. The SMILES string of the molecule is CC(C)(C)OC(=O)N1C2CC1CN(c1ccc3ncnc(Cl)c3n1)C2.CC(C)(C)OC(=O)N1C2CC1CN(c1ccc3ncnc(Cl)c3n1)C2. The van der Waals surface area contributed by atoms with Gasteiger partial charge in [0.2, 0.25) is 0 Å². The van der Waals surface area contributed by atoms with E-state index in [4.69, 9.17) is 32.7 Å². The largest absolute Gasteiger partial charge is 0.444 e. The molecule has 6 saturated heterocycles. The van der Waals surface area contributed by atoms with Gasteiger partial charge in [0.15, 0.2) is 10.3 Å². The molecule has 4 unspecified atom stereocenters. The maximum Gasteiger partial charge on any atom is 0.410 e. The summed E-state index contributed by atoms with van der Waals surface area (Å²) in [6.45, 7) is 14.3. The number of nitrogens with zero attached hydrogens (tertiary/aromatic N) is 10. The Labute approximate surface area is 300 Å². The van der Waals surface area contributed by atoms with Gasteiger partial charge in [0.25, 0.3) is 0 Å². The molecule has 264 valence electrons. The molecular weight excluding hydrogens is 683 g/mol. The third-order valence-electron chi connectivity index (χ3n) is 9.09. The molecule has 0 radical (unpaired) electrons. The zero-order chi connectivity index (χ0) is 35.5. The fourth-order valence-electron chi connectivity index (χ4n) is 6.97. The van der Waals surface area contributed by atoms with Crippen LogP contribution in [0.2, 0.25) is 10.3 Å². The highest BCUT2D eigenvalue weighted by atomic mass is 35.5. The Hall–Kier alpha value is -4.30. The lowest BCUT2D eigenvalue weighted by atomic mass is 9.88. The molecule has 0 saturated carbocycles. The van der Waals surface area contributed by atoms with Gasteiger partial charge in [-0.05, 0) is 78.6 Å². The molecule has 50 heavy (non-hydrogen) atoms. The second kappa shape index (κ2) is 12.8. The van der Waals surface area contributed by atoms with Crippen LogP contribution in [-0.2, 0) is 9.47 Å². The van der Waals surface area contributed by atoms with Crippen LogP contribution in [-0.4, -0.2) is 113 Å². The molecule has 0 aliphatic carbocycles. The summed E-state index contributed by atoms with van der Waals surface area (Å²) >= 11 is 12.3. The summed E-state index contributed by atoms with van der Waals surface area (Å²) in [5.41, 5.74) is 1.70. The average Bonchev–Trinajstić information content (AvgIpc) is 3.03. The molecule has 6 aliphatic rings. The quantitative estimate of drug-likeness (QED) is 0.232. The van der Waals surface area contributed by atoms with Crippen molar-refractivity contribution in [2.45, 2.75) is 89.8 Å². The van der Waals surface area contributed by atoms with Crippen LogP contribution in [0, 0.1) is 0 Å². The minimum Gasteiger partial charge on any atom is -0.444 e. The molecule has 0 aromatic carbocycles. The third kappa shape index (κ3) is 6.87. The van der Waals surface area contributed by atoms with Gasteiger partial charge in [-0.2, -0.15) is 0 Å². The van der Waals surface area contributed by atoms with Crippen LogP contribution >= 0.6 is 23.2 Å². The lowest BCUT2D eigenvalue weighted by Crippen LogP contribution is -2.70. The van der Waals surface area contributed by atoms with E-state index >= 15 is 0 Å². The van der Waals surface area contributed by atoms with E-state index in [1.54, 1.807) is 0 Å². The Morgan fingerprint density at radius 1 is 0.620 bits per heavy atom. The Morgan fingerprint density at radius 3 is 1.32 bits per heavy atom. The lowest BCUT2D eigenvalue weighted by molar-refractivity contribution is -0.0389. The van der Waals surface area contributed by atoms with Crippen LogP contribution in [0.1, 0.15) is 54.4 Å². The summed E-state index contributed by atoms with van der Waals surface area (Å²) in [5.74, 6) is 1.67. The molecule has 0 N–H and O–H groups in total. The number of pyridine rings is 2. The Bertz CT molecular complexity index is 1790. The van der Waals surface area contributed by atoms with E-state index < -0.39 is 11.2 Å². The van der Waals surface area contributed by atoms with Crippen molar-refractivity contribution in [2.24, 2.45) is 0 Å². The fourth-order valence-corrected chi connectivity index (χ4v) is 7.34. The van der Waals surface area contributed by atoms with E-state index in [0.29, 0.717) is 21.3 Å². The molecule has 16 heteroatoms. The number of amides is 2. The normalized spacial score (nSPS) is 22.7. The molecule has 0 spiro atoms.